The summed E-state index contributed by atoms with van der Waals surface area (Å²) in [5, 5.41) is 10.7. The number of rotatable bonds is 8. The Morgan fingerprint density at radius 1 is 0.759 bits per heavy atom. The first-order valence-corrected chi connectivity index (χ1v) is 17.6. The molecule has 13 heteroatoms. The molecule has 0 unspecified atom stereocenters. The van der Waals surface area contributed by atoms with Gasteiger partial charge in [0.2, 0.25) is 0 Å². The molecular weight excluding hydrogens is 688 g/mol. The summed E-state index contributed by atoms with van der Waals surface area (Å²) >= 11 is 0. The number of anilines is 1. The molecule has 0 radical (unpaired) electrons. The van der Waals surface area contributed by atoms with Crippen LogP contribution < -0.4 is 23.8 Å². The van der Waals surface area contributed by atoms with Crippen molar-refractivity contribution in [1.29, 1.82) is 0 Å². The van der Waals surface area contributed by atoms with Gasteiger partial charge in [-0.1, -0.05) is 18.2 Å². The summed E-state index contributed by atoms with van der Waals surface area (Å²) in [6, 6.07) is 19.4. The number of hydrogen-bond acceptors (Lipinski definition) is 10. The highest BCUT2D eigenvalue weighted by molar-refractivity contribution is 6.14. The Kier molecular flexibility index (Phi) is 8.06. The van der Waals surface area contributed by atoms with Gasteiger partial charge in [0.25, 0.3) is 11.8 Å². The average molecular weight is 725 g/mol. The van der Waals surface area contributed by atoms with Crippen LogP contribution in [-0.4, -0.2) is 70.1 Å². The SMILES string of the molecule is COc1cc2c(cc1OCc1cc(O)cc(COc3cc4c(cc3OC)C(=O)N3c5ccccc5C[C@H]3C=N4)c1)N=C[C@@H]1Cc3c(ncn3C)CN1C2=O. The van der Waals surface area contributed by atoms with E-state index in [1.54, 1.807) is 52.5 Å². The fraction of sp³-hybridized carbons (Fsp3) is 0.244. The number of hydrogen-bond donors (Lipinski definition) is 1. The largest absolute Gasteiger partial charge is 0.508 e. The van der Waals surface area contributed by atoms with Crippen LogP contribution in [0.3, 0.4) is 0 Å². The zero-order valence-electron chi connectivity index (χ0n) is 29.9. The number of aromatic hydroxyl groups is 1. The molecule has 9 rings (SSSR count). The lowest BCUT2D eigenvalue weighted by Gasteiger charge is -2.32. The number of amides is 2. The Morgan fingerprint density at radius 2 is 1.39 bits per heavy atom. The van der Waals surface area contributed by atoms with E-state index in [4.69, 9.17) is 28.9 Å². The van der Waals surface area contributed by atoms with Crippen molar-refractivity contribution < 1.29 is 33.6 Å². The maximum Gasteiger partial charge on any atom is 0.261 e. The van der Waals surface area contributed by atoms with E-state index < -0.39 is 0 Å². The van der Waals surface area contributed by atoms with Crippen LogP contribution >= 0.6 is 0 Å². The molecule has 0 fully saturated rings. The van der Waals surface area contributed by atoms with Gasteiger partial charge in [-0.05, 0) is 53.1 Å². The molecule has 5 aromatic rings. The monoisotopic (exact) mass is 724 g/mol. The Hall–Kier alpha value is -6.63. The zero-order chi connectivity index (χ0) is 37.1. The van der Waals surface area contributed by atoms with Crippen molar-refractivity contribution in [2.75, 3.05) is 19.1 Å². The van der Waals surface area contributed by atoms with Crippen LogP contribution in [-0.2, 0) is 39.6 Å². The lowest BCUT2D eigenvalue weighted by molar-refractivity contribution is 0.0698. The van der Waals surface area contributed by atoms with Crippen LogP contribution in [0.15, 0.2) is 83.0 Å². The second kappa shape index (κ2) is 13.1. The van der Waals surface area contributed by atoms with Crippen molar-refractivity contribution in [2.45, 2.75) is 44.7 Å². The van der Waals surface area contributed by atoms with Crippen LogP contribution in [0, 0.1) is 0 Å². The number of ether oxygens (including phenoxy) is 4. The highest BCUT2D eigenvalue weighted by Crippen LogP contribution is 2.42. The summed E-state index contributed by atoms with van der Waals surface area (Å²) < 4.78 is 25.7. The quantitative estimate of drug-likeness (QED) is 0.210. The van der Waals surface area contributed by atoms with E-state index in [0.29, 0.717) is 76.0 Å². The van der Waals surface area contributed by atoms with Gasteiger partial charge in [0.15, 0.2) is 23.0 Å². The van der Waals surface area contributed by atoms with Crippen LogP contribution in [0.5, 0.6) is 28.7 Å². The molecule has 0 aliphatic carbocycles. The summed E-state index contributed by atoms with van der Waals surface area (Å²) in [6.07, 6.45) is 6.72. The van der Waals surface area contributed by atoms with Gasteiger partial charge in [-0.25, -0.2) is 4.98 Å². The first-order valence-electron chi connectivity index (χ1n) is 17.6. The van der Waals surface area contributed by atoms with Gasteiger partial charge < -0.3 is 33.5 Å². The van der Waals surface area contributed by atoms with Gasteiger partial charge in [-0.3, -0.25) is 24.5 Å². The minimum atomic E-state index is -0.201. The van der Waals surface area contributed by atoms with Gasteiger partial charge >= 0.3 is 0 Å². The smallest absolute Gasteiger partial charge is 0.261 e. The number of imidazole rings is 1. The average Bonchev–Trinajstić information content (AvgIpc) is 3.67. The van der Waals surface area contributed by atoms with E-state index >= 15 is 0 Å². The summed E-state index contributed by atoms with van der Waals surface area (Å²) in [5.74, 6) is 1.32. The molecule has 4 aromatic carbocycles. The predicted octanol–water partition coefficient (Wildman–Crippen LogP) is 5.87. The van der Waals surface area contributed by atoms with E-state index in [2.05, 4.69) is 4.98 Å². The van der Waals surface area contributed by atoms with Crippen LogP contribution in [0.4, 0.5) is 17.1 Å². The predicted molar refractivity (Wildman–Crippen MR) is 200 cm³/mol. The number of fused-ring (bicyclic) bond motifs is 7. The first-order chi connectivity index (χ1) is 26.3. The molecule has 2 amide bonds. The normalized spacial score (nSPS) is 17.8. The van der Waals surface area contributed by atoms with Gasteiger partial charge in [0, 0.05) is 55.8 Å². The minimum absolute atomic E-state index is 0.0379. The van der Waals surface area contributed by atoms with E-state index in [1.165, 1.54) is 14.2 Å². The van der Waals surface area contributed by atoms with Gasteiger partial charge in [-0.2, -0.15) is 0 Å². The topological polar surface area (TPSA) is 140 Å². The first kappa shape index (κ1) is 33.2. The van der Waals surface area contributed by atoms with Crippen LogP contribution in [0.25, 0.3) is 0 Å². The molecule has 272 valence electrons. The zero-order valence-corrected chi connectivity index (χ0v) is 29.9. The number of aliphatic imine (C=N–C) groups is 2. The van der Waals surface area contributed by atoms with Crippen LogP contribution in [0.2, 0.25) is 0 Å². The lowest BCUT2D eigenvalue weighted by atomic mass is 10.0. The highest BCUT2D eigenvalue weighted by atomic mass is 16.5. The molecule has 13 nitrogen and oxygen atoms in total. The minimum Gasteiger partial charge on any atom is -0.508 e. The molecule has 0 saturated heterocycles. The second-order valence-corrected chi connectivity index (χ2v) is 13.7. The Bertz CT molecular complexity index is 2420. The fourth-order valence-corrected chi connectivity index (χ4v) is 7.68. The Labute approximate surface area is 310 Å². The molecule has 4 aliphatic heterocycles. The lowest BCUT2D eigenvalue weighted by Crippen LogP contribution is -2.44. The molecule has 4 aliphatic rings. The summed E-state index contributed by atoms with van der Waals surface area (Å²) in [5.41, 5.74) is 7.15. The number of carbonyl (C=O) groups is 2. The maximum atomic E-state index is 13.8. The van der Waals surface area contributed by atoms with Crippen molar-refractivity contribution in [3.63, 3.8) is 0 Å². The molecule has 54 heavy (non-hydrogen) atoms. The molecule has 1 N–H and O–H groups in total. The van der Waals surface area contributed by atoms with Gasteiger partial charge in [0.05, 0.1) is 67.4 Å². The number of aromatic nitrogens is 2. The molecule has 5 heterocycles. The molecular formula is C41H36N6O7. The van der Waals surface area contributed by atoms with E-state index in [-0.39, 0.29) is 42.9 Å². The number of para-hydroxylation sites is 1. The second-order valence-electron chi connectivity index (χ2n) is 13.7. The van der Waals surface area contributed by atoms with Gasteiger partial charge in [-0.15, -0.1) is 0 Å². The van der Waals surface area contributed by atoms with Crippen molar-refractivity contribution in [1.82, 2.24) is 14.5 Å². The number of aryl methyl sites for hydroxylation is 1. The highest BCUT2D eigenvalue weighted by Gasteiger charge is 2.37. The Morgan fingerprint density at radius 3 is 2.06 bits per heavy atom. The number of benzene rings is 4. The Balaban J connectivity index is 0.918. The molecule has 0 saturated carbocycles. The number of nitrogens with zero attached hydrogens (tertiary/aromatic N) is 6. The van der Waals surface area contributed by atoms with E-state index in [1.807, 2.05) is 54.4 Å². The summed E-state index contributed by atoms with van der Waals surface area (Å²) in [6.45, 7) is 0.576. The summed E-state index contributed by atoms with van der Waals surface area (Å²) in [7, 11) is 5.00. The number of phenols is 1. The van der Waals surface area contributed by atoms with Crippen molar-refractivity contribution in [3.8, 4) is 28.7 Å². The molecule has 0 spiro atoms. The third kappa shape index (κ3) is 5.68. The van der Waals surface area contributed by atoms with E-state index in [9.17, 15) is 14.7 Å². The standard InChI is InChI=1S/C41H36N6O7/c1-45-22-44-33-19-46-26(12-35(33)45)17-42-31-15-38(36(51-2)13-29(31)40(46)49)53-20-23-8-24(10-28(48)9-23)21-54-39-16-32-30(14-37(39)52-3)41(50)47-27(18-43-32)11-25-6-4-5-7-34(25)47/h4-10,13-18,22,26-27,48H,11-12,19-21H2,1-3H3/t26-,27-/m0/s1. The fourth-order valence-electron chi connectivity index (χ4n) is 7.68. The summed E-state index contributed by atoms with van der Waals surface area (Å²) in [4.78, 5) is 45.0. The van der Waals surface area contributed by atoms with Crippen LogP contribution in [0.1, 0.15) is 48.8 Å². The maximum absolute atomic E-state index is 13.8. The molecule has 0 bridgehead atoms. The third-order valence-electron chi connectivity index (χ3n) is 10.4. The van der Waals surface area contributed by atoms with E-state index in [0.717, 1.165) is 22.6 Å². The number of phenolic OH excluding ortho intramolecular Hbond substituents is 1. The van der Waals surface area contributed by atoms with Crippen molar-refractivity contribution >= 4 is 41.3 Å². The number of methoxy groups -OCH3 is 2. The van der Waals surface area contributed by atoms with Gasteiger partial charge in [0.1, 0.15) is 19.0 Å². The molecule has 1 aromatic heterocycles. The third-order valence-corrected chi connectivity index (χ3v) is 10.4. The number of carbonyl (C=O) groups excluding carboxylic acids is 2. The molecule has 2 atom stereocenters. The van der Waals surface area contributed by atoms with Crippen molar-refractivity contribution in [2.24, 2.45) is 17.0 Å². The van der Waals surface area contributed by atoms with Crippen molar-refractivity contribution in [3.05, 3.63) is 112 Å².